The van der Waals surface area contributed by atoms with Crippen LogP contribution < -0.4 is 9.46 Å². The number of para-hydroxylation sites is 1. The minimum absolute atomic E-state index is 0.0895. The van der Waals surface area contributed by atoms with Gasteiger partial charge >= 0.3 is 0 Å². The fraction of sp³-hybridized carbons (Fsp3) is 0.143. The van der Waals surface area contributed by atoms with Gasteiger partial charge in [0.1, 0.15) is 11.5 Å². The SMILES string of the molecule is C[C@@H](CNS(=O)(=O)c1ccc(Oc2ccccc2)cc1)c1ccccc1. The summed E-state index contributed by atoms with van der Waals surface area (Å²) in [6, 6.07) is 25.6. The Morgan fingerprint density at radius 3 is 1.96 bits per heavy atom. The number of ether oxygens (including phenoxy) is 1. The average Bonchev–Trinajstić information content (AvgIpc) is 2.68. The van der Waals surface area contributed by atoms with E-state index in [1.165, 1.54) is 0 Å². The molecular weight excluding hydrogens is 346 g/mol. The maximum atomic E-state index is 12.5. The second-order valence-corrected chi connectivity index (χ2v) is 7.82. The van der Waals surface area contributed by atoms with E-state index in [1.54, 1.807) is 24.3 Å². The molecule has 0 fully saturated rings. The van der Waals surface area contributed by atoms with E-state index in [4.69, 9.17) is 4.74 Å². The van der Waals surface area contributed by atoms with Crippen molar-refractivity contribution in [3.05, 3.63) is 90.5 Å². The normalized spacial score (nSPS) is 12.5. The molecule has 0 unspecified atom stereocenters. The second-order valence-electron chi connectivity index (χ2n) is 6.05. The Labute approximate surface area is 154 Å². The molecule has 5 heteroatoms. The van der Waals surface area contributed by atoms with E-state index in [-0.39, 0.29) is 10.8 Å². The van der Waals surface area contributed by atoms with Crippen molar-refractivity contribution < 1.29 is 13.2 Å². The van der Waals surface area contributed by atoms with Crippen LogP contribution in [0.15, 0.2) is 89.8 Å². The third-order valence-corrected chi connectivity index (χ3v) is 5.50. The van der Waals surface area contributed by atoms with E-state index in [9.17, 15) is 8.42 Å². The topological polar surface area (TPSA) is 55.4 Å². The molecule has 0 aromatic heterocycles. The molecule has 0 saturated carbocycles. The van der Waals surface area contributed by atoms with Crippen molar-refractivity contribution in [2.75, 3.05) is 6.54 Å². The van der Waals surface area contributed by atoms with E-state index >= 15 is 0 Å². The van der Waals surface area contributed by atoms with Gasteiger partial charge in [-0.2, -0.15) is 0 Å². The predicted molar refractivity (Wildman–Crippen MR) is 103 cm³/mol. The van der Waals surface area contributed by atoms with Gasteiger partial charge in [0.2, 0.25) is 10.0 Å². The molecule has 0 saturated heterocycles. The lowest BCUT2D eigenvalue weighted by Gasteiger charge is -2.13. The number of benzene rings is 3. The van der Waals surface area contributed by atoms with Crippen molar-refractivity contribution >= 4 is 10.0 Å². The van der Waals surface area contributed by atoms with Crippen molar-refractivity contribution in [2.24, 2.45) is 0 Å². The molecule has 0 radical (unpaired) electrons. The first-order valence-corrected chi connectivity index (χ1v) is 9.90. The molecule has 0 amide bonds. The van der Waals surface area contributed by atoms with Crippen LogP contribution in [0.3, 0.4) is 0 Å². The fourth-order valence-electron chi connectivity index (χ4n) is 2.53. The summed E-state index contributed by atoms with van der Waals surface area (Å²) in [5.41, 5.74) is 1.10. The highest BCUT2D eigenvalue weighted by Crippen LogP contribution is 2.23. The number of sulfonamides is 1. The third kappa shape index (κ3) is 4.71. The minimum Gasteiger partial charge on any atom is -0.457 e. The van der Waals surface area contributed by atoms with Gasteiger partial charge in [0, 0.05) is 6.54 Å². The van der Waals surface area contributed by atoms with Crippen molar-refractivity contribution in [1.82, 2.24) is 4.72 Å². The number of rotatable bonds is 7. The smallest absolute Gasteiger partial charge is 0.240 e. The summed E-state index contributed by atoms with van der Waals surface area (Å²) in [6.07, 6.45) is 0. The van der Waals surface area contributed by atoms with Gasteiger partial charge in [-0.3, -0.25) is 0 Å². The highest BCUT2D eigenvalue weighted by atomic mass is 32.2. The number of hydrogen-bond acceptors (Lipinski definition) is 3. The van der Waals surface area contributed by atoms with Crippen LogP contribution in [0.5, 0.6) is 11.5 Å². The minimum atomic E-state index is -3.56. The van der Waals surface area contributed by atoms with Crippen LogP contribution in [0.2, 0.25) is 0 Å². The third-order valence-electron chi connectivity index (χ3n) is 4.06. The number of hydrogen-bond donors (Lipinski definition) is 1. The molecule has 134 valence electrons. The van der Waals surface area contributed by atoms with Gasteiger partial charge in [0.25, 0.3) is 0 Å². The Morgan fingerprint density at radius 1 is 0.808 bits per heavy atom. The molecule has 26 heavy (non-hydrogen) atoms. The lowest BCUT2D eigenvalue weighted by molar-refractivity contribution is 0.482. The Hall–Kier alpha value is -2.63. The van der Waals surface area contributed by atoms with E-state index in [2.05, 4.69) is 4.72 Å². The van der Waals surface area contributed by atoms with Crippen LogP contribution in [0.1, 0.15) is 18.4 Å². The zero-order valence-corrected chi connectivity index (χ0v) is 15.3. The van der Waals surface area contributed by atoms with Crippen LogP contribution in [-0.2, 0) is 10.0 Å². The molecule has 1 N–H and O–H groups in total. The van der Waals surface area contributed by atoms with Crippen molar-refractivity contribution in [2.45, 2.75) is 17.7 Å². The molecule has 3 aromatic rings. The average molecular weight is 367 g/mol. The lowest BCUT2D eigenvalue weighted by atomic mass is 10.0. The van der Waals surface area contributed by atoms with Crippen molar-refractivity contribution in [1.29, 1.82) is 0 Å². The summed E-state index contributed by atoms with van der Waals surface area (Å²) in [5, 5.41) is 0. The molecule has 3 rings (SSSR count). The first-order chi connectivity index (χ1) is 12.5. The van der Waals surface area contributed by atoms with Gasteiger partial charge in [0.15, 0.2) is 0 Å². The van der Waals surface area contributed by atoms with Gasteiger partial charge in [-0.25, -0.2) is 13.1 Å². The summed E-state index contributed by atoms with van der Waals surface area (Å²) in [7, 11) is -3.56. The largest absolute Gasteiger partial charge is 0.457 e. The summed E-state index contributed by atoms with van der Waals surface area (Å²) < 4.78 is 33.3. The van der Waals surface area contributed by atoms with Crippen LogP contribution in [0, 0.1) is 0 Å². The van der Waals surface area contributed by atoms with E-state index in [0.717, 1.165) is 5.56 Å². The molecule has 1 atom stereocenters. The van der Waals surface area contributed by atoms with Gasteiger partial charge in [-0.15, -0.1) is 0 Å². The summed E-state index contributed by atoms with van der Waals surface area (Å²) >= 11 is 0. The summed E-state index contributed by atoms with van der Waals surface area (Å²) in [6.45, 7) is 2.34. The van der Waals surface area contributed by atoms with Gasteiger partial charge < -0.3 is 4.74 Å². The summed E-state index contributed by atoms with van der Waals surface area (Å²) in [4.78, 5) is 0.221. The monoisotopic (exact) mass is 367 g/mol. The first kappa shape index (κ1) is 18.2. The first-order valence-electron chi connectivity index (χ1n) is 8.42. The molecule has 0 aliphatic carbocycles. The Balaban J connectivity index is 1.64. The molecule has 0 bridgehead atoms. The van der Waals surface area contributed by atoms with Crippen molar-refractivity contribution in [3.63, 3.8) is 0 Å². The molecule has 0 heterocycles. The maximum absolute atomic E-state index is 12.5. The predicted octanol–water partition coefficient (Wildman–Crippen LogP) is 4.56. The van der Waals surface area contributed by atoms with Crippen LogP contribution in [0.4, 0.5) is 0 Å². The molecule has 3 aromatic carbocycles. The lowest BCUT2D eigenvalue weighted by Crippen LogP contribution is -2.27. The van der Waals surface area contributed by atoms with Crippen LogP contribution in [-0.4, -0.2) is 15.0 Å². The van der Waals surface area contributed by atoms with Gasteiger partial charge in [-0.05, 0) is 47.9 Å². The fourth-order valence-corrected chi connectivity index (χ4v) is 3.66. The zero-order chi connectivity index (χ0) is 18.4. The van der Waals surface area contributed by atoms with Gasteiger partial charge in [-0.1, -0.05) is 55.5 Å². The highest BCUT2D eigenvalue weighted by Gasteiger charge is 2.16. The Kier molecular flexibility index (Phi) is 5.71. The van der Waals surface area contributed by atoms with Crippen LogP contribution in [0.25, 0.3) is 0 Å². The highest BCUT2D eigenvalue weighted by molar-refractivity contribution is 7.89. The van der Waals surface area contributed by atoms with Crippen molar-refractivity contribution in [3.8, 4) is 11.5 Å². The maximum Gasteiger partial charge on any atom is 0.240 e. The Bertz CT molecular complexity index is 924. The standard InChI is InChI=1S/C21H21NO3S/c1-17(18-8-4-2-5-9-18)16-22-26(23,24)21-14-12-20(13-15-21)25-19-10-6-3-7-11-19/h2-15,17,22H,16H2,1H3/t17-/m0/s1. The van der Waals surface area contributed by atoms with Crippen LogP contribution >= 0.6 is 0 Å². The molecule has 0 aliphatic heterocycles. The van der Waals surface area contributed by atoms with E-state index in [0.29, 0.717) is 18.0 Å². The van der Waals surface area contributed by atoms with E-state index < -0.39 is 10.0 Å². The Morgan fingerprint density at radius 2 is 1.35 bits per heavy atom. The second kappa shape index (κ2) is 8.17. The molecule has 4 nitrogen and oxygen atoms in total. The van der Waals surface area contributed by atoms with E-state index in [1.807, 2.05) is 67.6 Å². The van der Waals surface area contributed by atoms with Gasteiger partial charge in [0.05, 0.1) is 4.90 Å². The molecular formula is C21H21NO3S. The summed E-state index contributed by atoms with van der Waals surface area (Å²) in [5.74, 6) is 1.39. The zero-order valence-electron chi connectivity index (χ0n) is 14.5. The quantitative estimate of drug-likeness (QED) is 0.666. The number of nitrogens with one attached hydrogen (secondary N) is 1. The molecule has 0 aliphatic rings. The molecule has 0 spiro atoms.